The molecule has 0 saturated heterocycles. The van der Waals surface area contributed by atoms with E-state index < -0.39 is 0 Å². The number of hydrogen-bond donors (Lipinski definition) is 0. The number of benzene rings is 1. The molecule has 1 aromatic carbocycles. The molecule has 1 aromatic rings. The summed E-state index contributed by atoms with van der Waals surface area (Å²) in [5.41, 5.74) is 1.78. The number of nitrogens with zero attached hydrogens (tertiary/aromatic N) is 1. The molecule has 0 bridgehead atoms. The first-order chi connectivity index (χ1) is 6.74. The van der Waals surface area contributed by atoms with Crippen LogP contribution in [0, 0.1) is 18.3 Å². The highest BCUT2D eigenvalue weighted by Gasteiger charge is 2.21. The van der Waals surface area contributed by atoms with E-state index in [0.29, 0.717) is 22.9 Å². The largest absolute Gasteiger partial charge is 0.454 e. The maximum Gasteiger partial charge on any atom is 0.231 e. The Bertz CT molecular complexity index is 423. The molecule has 0 unspecified atom stereocenters. The predicted molar refractivity (Wildman–Crippen MR) is 51.6 cm³/mol. The summed E-state index contributed by atoms with van der Waals surface area (Å²) in [5.74, 6) is 1.22. The second-order valence-corrected chi connectivity index (χ2v) is 3.43. The highest BCUT2D eigenvalue weighted by Crippen LogP contribution is 2.42. The van der Waals surface area contributed by atoms with Crippen molar-refractivity contribution in [3.63, 3.8) is 0 Å². The summed E-state index contributed by atoms with van der Waals surface area (Å²) in [6.45, 7) is 2.10. The molecular weight excluding hydrogens is 202 g/mol. The Morgan fingerprint density at radius 1 is 1.57 bits per heavy atom. The van der Waals surface area contributed by atoms with Crippen molar-refractivity contribution in [2.45, 2.75) is 13.3 Å². The van der Waals surface area contributed by atoms with Crippen molar-refractivity contribution in [1.29, 1.82) is 5.26 Å². The summed E-state index contributed by atoms with van der Waals surface area (Å²) < 4.78 is 10.4. The molecule has 0 spiro atoms. The second-order valence-electron chi connectivity index (χ2n) is 3.05. The highest BCUT2D eigenvalue weighted by atomic mass is 35.5. The number of ether oxygens (including phenoxy) is 2. The summed E-state index contributed by atoms with van der Waals surface area (Å²) in [4.78, 5) is 0. The van der Waals surface area contributed by atoms with Gasteiger partial charge < -0.3 is 9.47 Å². The highest BCUT2D eigenvalue weighted by molar-refractivity contribution is 6.33. The second kappa shape index (κ2) is 3.39. The van der Waals surface area contributed by atoms with Crippen molar-refractivity contribution < 1.29 is 9.47 Å². The van der Waals surface area contributed by atoms with E-state index in [0.717, 1.165) is 11.1 Å². The number of fused-ring (bicyclic) bond motifs is 1. The molecule has 1 aliphatic heterocycles. The topological polar surface area (TPSA) is 42.2 Å². The van der Waals surface area contributed by atoms with Gasteiger partial charge in [-0.15, -0.1) is 0 Å². The average molecular weight is 210 g/mol. The van der Waals surface area contributed by atoms with Crippen LogP contribution in [0.3, 0.4) is 0 Å². The normalized spacial score (nSPS) is 12.6. The fraction of sp³-hybridized carbons (Fsp3) is 0.300. The molecule has 3 nitrogen and oxygen atoms in total. The summed E-state index contributed by atoms with van der Waals surface area (Å²) in [7, 11) is 0. The molecule has 0 radical (unpaired) electrons. The van der Waals surface area contributed by atoms with Crippen LogP contribution in [0.5, 0.6) is 11.5 Å². The minimum absolute atomic E-state index is 0.199. The Labute approximate surface area is 86.8 Å². The van der Waals surface area contributed by atoms with Gasteiger partial charge >= 0.3 is 0 Å². The van der Waals surface area contributed by atoms with E-state index in [1.165, 1.54) is 0 Å². The SMILES string of the molecule is Cc1cc2c(c(Cl)c1CC#N)OCO2. The minimum atomic E-state index is 0.199. The fourth-order valence-corrected chi connectivity index (χ4v) is 1.82. The number of rotatable bonds is 1. The molecule has 0 N–H and O–H groups in total. The van der Waals surface area contributed by atoms with Crippen LogP contribution < -0.4 is 9.47 Å². The van der Waals surface area contributed by atoms with Gasteiger partial charge in [0.1, 0.15) is 0 Å². The molecule has 0 fully saturated rings. The van der Waals surface area contributed by atoms with E-state index in [1.54, 1.807) is 0 Å². The lowest BCUT2D eigenvalue weighted by atomic mass is 10.1. The van der Waals surface area contributed by atoms with Gasteiger partial charge in [-0.1, -0.05) is 11.6 Å². The summed E-state index contributed by atoms with van der Waals surface area (Å²) >= 11 is 6.08. The van der Waals surface area contributed by atoms with E-state index in [1.807, 2.05) is 13.0 Å². The Morgan fingerprint density at radius 2 is 2.36 bits per heavy atom. The lowest BCUT2D eigenvalue weighted by molar-refractivity contribution is 0.174. The zero-order valence-corrected chi connectivity index (χ0v) is 8.39. The zero-order chi connectivity index (χ0) is 10.1. The van der Waals surface area contributed by atoms with E-state index in [9.17, 15) is 0 Å². The molecule has 0 saturated carbocycles. The van der Waals surface area contributed by atoms with Gasteiger partial charge in [-0.05, 0) is 24.1 Å². The molecule has 0 atom stereocenters. The zero-order valence-electron chi connectivity index (χ0n) is 7.63. The predicted octanol–water partition coefficient (Wildman–Crippen LogP) is 2.44. The molecular formula is C10H8ClNO2. The maximum absolute atomic E-state index is 8.64. The van der Waals surface area contributed by atoms with E-state index >= 15 is 0 Å². The molecule has 0 aliphatic carbocycles. The van der Waals surface area contributed by atoms with Crippen LogP contribution in [0.25, 0.3) is 0 Å². The third kappa shape index (κ3) is 1.28. The molecule has 4 heteroatoms. The average Bonchev–Trinajstić information content (AvgIpc) is 2.60. The van der Waals surface area contributed by atoms with Crippen molar-refractivity contribution in [1.82, 2.24) is 0 Å². The van der Waals surface area contributed by atoms with Crippen LogP contribution >= 0.6 is 11.6 Å². The number of hydrogen-bond acceptors (Lipinski definition) is 3. The Morgan fingerprint density at radius 3 is 3.07 bits per heavy atom. The molecule has 1 heterocycles. The smallest absolute Gasteiger partial charge is 0.231 e. The first kappa shape index (κ1) is 9.17. The quantitative estimate of drug-likeness (QED) is 0.714. The Balaban J connectivity index is 2.58. The Kier molecular flexibility index (Phi) is 2.22. The molecule has 0 amide bonds. The van der Waals surface area contributed by atoms with Gasteiger partial charge in [0.05, 0.1) is 17.5 Å². The van der Waals surface area contributed by atoms with Gasteiger partial charge in [-0.2, -0.15) is 5.26 Å². The van der Waals surface area contributed by atoms with E-state index in [4.69, 9.17) is 26.3 Å². The van der Waals surface area contributed by atoms with Gasteiger partial charge in [-0.3, -0.25) is 0 Å². The summed E-state index contributed by atoms with van der Waals surface area (Å²) in [6, 6.07) is 3.92. The molecule has 0 aromatic heterocycles. The molecule has 14 heavy (non-hydrogen) atoms. The molecule has 1 aliphatic rings. The number of halogens is 1. The van der Waals surface area contributed by atoms with Gasteiger partial charge in [0.15, 0.2) is 11.5 Å². The number of aryl methyl sites for hydroxylation is 1. The third-order valence-corrected chi connectivity index (χ3v) is 2.58. The lowest BCUT2D eigenvalue weighted by Gasteiger charge is -2.07. The van der Waals surface area contributed by atoms with Gasteiger partial charge in [0, 0.05) is 0 Å². The van der Waals surface area contributed by atoms with Gasteiger partial charge in [0.25, 0.3) is 0 Å². The monoisotopic (exact) mass is 209 g/mol. The first-order valence-electron chi connectivity index (χ1n) is 4.18. The standard InChI is InChI=1S/C10H8ClNO2/c1-6-4-8-10(14-5-13-8)9(11)7(6)2-3-12/h4H,2,5H2,1H3. The van der Waals surface area contributed by atoms with Crippen LogP contribution in [0.1, 0.15) is 11.1 Å². The van der Waals surface area contributed by atoms with Gasteiger partial charge in [0.2, 0.25) is 6.79 Å². The summed E-state index contributed by atoms with van der Waals surface area (Å²) in [6.07, 6.45) is 0.293. The van der Waals surface area contributed by atoms with E-state index in [-0.39, 0.29) is 6.79 Å². The molecule has 2 rings (SSSR count). The van der Waals surface area contributed by atoms with Crippen LogP contribution in [0.2, 0.25) is 5.02 Å². The number of nitriles is 1. The van der Waals surface area contributed by atoms with Crippen molar-refractivity contribution in [2.24, 2.45) is 0 Å². The van der Waals surface area contributed by atoms with Crippen LogP contribution in [-0.4, -0.2) is 6.79 Å². The van der Waals surface area contributed by atoms with Crippen LogP contribution in [0.15, 0.2) is 6.07 Å². The van der Waals surface area contributed by atoms with Gasteiger partial charge in [-0.25, -0.2) is 0 Å². The van der Waals surface area contributed by atoms with Crippen LogP contribution in [0.4, 0.5) is 0 Å². The Hall–Kier alpha value is -1.40. The third-order valence-electron chi connectivity index (χ3n) is 2.19. The summed E-state index contributed by atoms with van der Waals surface area (Å²) in [5, 5.41) is 9.14. The van der Waals surface area contributed by atoms with Crippen molar-refractivity contribution in [3.05, 3.63) is 22.2 Å². The van der Waals surface area contributed by atoms with Crippen molar-refractivity contribution in [2.75, 3.05) is 6.79 Å². The minimum Gasteiger partial charge on any atom is -0.454 e. The fourth-order valence-electron chi connectivity index (χ4n) is 1.46. The lowest BCUT2D eigenvalue weighted by Crippen LogP contribution is -1.93. The van der Waals surface area contributed by atoms with Crippen LogP contribution in [-0.2, 0) is 6.42 Å². The molecule has 72 valence electrons. The van der Waals surface area contributed by atoms with E-state index in [2.05, 4.69) is 6.07 Å². The van der Waals surface area contributed by atoms with Crippen molar-refractivity contribution in [3.8, 4) is 17.6 Å². The van der Waals surface area contributed by atoms with Crippen molar-refractivity contribution >= 4 is 11.6 Å². The maximum atomic E-state index is 8.64. The first-order valence-corrected chi connectivity index (χ1v) is 4.56.